The molecule has 1 aliphatic rings. The van der Waals surface area contributed by atoms with Gasteiger partial charge in [0.15, 0.2) is 5.58 Å². The van der Waals surface area contributed by atoms with Gasteiger partial charge in [0, 0.05) is 32.7 Å². The van der Waals surface area contributed by atoms with E-state index in [1.165, 1.54) is 0 Å². The fraction of sp³-hybridized carbons (Fsp3) is 0.208. The van der Waals surface area contributed by atoms with Gasteiger partial charge < -0.3 is 9.32 Å². The Kier molecular flexibility index (Phi) is 2.74. The summed E-state index contributed by atoms with van der Waals surface area (Å²) in [6, 6.07) is 0.995. The van der Waals surface area contributed by atoms with Gasteiger partial charge in [-0.1, -0.05) is 54.4 Å². The molecule has 5 nitrogen and oxygen atoms in total. The quantitative estimate of drug-likeness (QED) is 0.566. The molecule has 1 aliphatic heterocycles. The predicted octanol–water partition coefficient (Wildman–Crippen LogP) is 4.11. The van der Waals surface area contributed by atoms with Crippen LogP contribution in [0.5, 0.6) is 0 Å². The van der Waals surface area contributed by atoms with Crippen LogP contribution in [0.25, 0.3) is 22.2 Å². The lowest BCUT2D eigenvalue weighted by Gasteiger charge is -2.36. The Bertz CT molecular complexity index is 1610. The molecule has 0 atom stereocenters. The molecule has 2 heterocycles. The van der Waals surface area contributed by atoms with Crippen molar-refractivity contribution in [3.63, 3.8) is 0 Å². The van der Waals surface area contributed by atoms with Crippen LogP contribution in [0, 0.1) is 0 Å². The maximum Gasteiger partial charge on any atom is 0.417 e. The van der Waals surface area contributed by atoms with Gasteiger partial charge in [-0.2, -0.15) is 0 Å². The van der Waals surface area contributed by atoms with Crippen molar-refractivity contribution in [2.75, 3.05) is 31.1 Å². The first-order chi connectivity index (χ1) is 18.0. The van der Waals surface area contributed by atoms with Crippen LogP contribution in [0.2, 0.25) is 0 Å². The van der Waals surface area contributed by atoms with Gasteiger partial charge in [-0.05, 0) is 34.9 Å². The van der Waals surface area contributed by atoms with Gasteiger partial charge >= 0.3 is 5.76 Å². The average Bonchev–Trinajstić information content (AvgIpc) is 3.30. The number of nitrogens with zero attached hydrogens (tertiary/aromatic N) is 2. The van der Waals surface area contributed by atoms with Gasteiger partial charge in [-0.3, -0.25) is 9.88 Å². The summed E-state index contributed by atoms with van der Waals surface area (Å²) in [6.07, 6.45) is 0. The lowest BCUT2D eigenvalue weighted by molar-refractivity contribution is 0.250. The van der Waals surface area contributed by atoms with E-state index in [1.54, 1.807) is 6.07 Å². The Labute approximate surface area is 181 Å². The van der Waals surface area contributed by atoms with Crippen LogP contribution in [0.15, 0.2) is 81.8 Å². The van der Waals surface area contributed by atoms with E-state index in [0.29, 0.717) is 37.3 Å². The monoisotopic (exact) mass is 394 g/mol. The molecule has 1 fully saturated rings. The molecule has 4 aromatic rings. The minimum absolute atomic E-state index is 0.118. The fourth-order valence-electron chi connectivity index (χ4n) is 3.54. The highest BCUT2D eigenvalue weighted by Gasteiger charge is 2.20. The number of aromatic amines is 1. The van der Waals surface area contributed by atoms with Gasteiger partial charge in [-0.25, -0.2) is 4.79 Å². The lowest BCUT2D eigenvalue weighted by Crippen LogP contribution is -2.46. The second-order valence-electron chi connectivity index (χ2n) is 6.79. The van der Waals surface area contributed by atoms with Gasteiger partial charge in [0.25, 0.3) is 0 Å². The number of piperazine rings is 1. The molecule has 146 valence electrons. The second kappa shape index (κ2) is 7.60. The summed E-state index contributed by atoms with van der Waals surface area (Å²) in [7, 11) is 0. The molecule has 5 heteroatoms. The summed E-state index contributed by atoms with van der Waals surface area (Å²) >= 11 is 0. The maximum atomic E-state index is 11.7. The van der Waals surface area contributed by atoms with Crippen LogP contribution < -0.4 is 10.7 Å². The Morgan fingerprint density at radius 2 is 1.76 bits per heavy atom. The zero-order valence-electron chi connectivity index (χ0n) is 24.5. The number of H-pyrrole nitrogens is 1. The van der Waals surface area contributed by atoms with Crippen LogP contribution in [-0.2, 0) is 6.54 Å². The molecule has 0 saturated carbocycles. The minimum Gasteiger partial charge on any atom is -0.406 e. The first kappa shape index (κ1) is 10.5. The molecular formula is C24H23N3O2. The van der Waals surface area contributed by atoms with Crippen LogP contribution in [-0.4, -0.2) is 36.1 Å². The third-order valence-corrected chi connectivity index (χ3v) is 4.95. The second-order valence-corrected chi connectivity index (χ2v) is 6.79. The zero-order chi connectivity index (χ0) is 27.5. The van der Waals surface area contributed by atoms with E-state index in [1.807, 2.05) is 17.0 Å². The summed E-state index contributed by atoms with van der Waals surface area (Å²) in [5, 5.41) is 0. The van der Waals surface area contributed by atoms with Crippen molar-refractivity contribution in [1.29, 1.82) is 0 Å². The first-order valence-electron chi connectivity index (χ1n) is 13.8. The Morgan fingerprint density at radius 1 is 0.966 bits per heavy atom. The Morgan fingerprint density at radius 3 is 2.59 bits per heavy atom. The third-order valence-electron chi connectivity index (χ3n) is 4.95. The molecule has 0 unspecified atom stereocenters. The van der Waals surface area contributed by atoms with Gasteiger partial charge in [0.05, 0.1) is 23.5 Å². The molecule has 0 spiro atoms. The lowest BCUT2D eigenvalue weighted by atomic mass is 10.0. The van der Waals surface area contributed by atoms with Crippen molar-refractivity contribution in [1.82, 2.24) is 9.88 Å². The number of hydrogen-bond donors (Lipinski definition) is 1. The normalized spacial score (nSPS) is 19.4. The fourth-order valence-corrected chi connectivity index (χ4v) is 3.54. The molecule has 0 bridgehead atoms. The van der Waals surface area contributed by atoms with Crippen LogP contribution in [0.1, 0.15) is 17.9 Å². The molecule has 29 heavy (non-hydrogen) atoms. The molecule has 5 rings (SSSR count). The molecule has 0 radical (unpaired) electrons. The summed E-state index contributed by atoms with van der Waals surface area (Å²) in [5.41, 5.74) is 1.45. The van der Waals surface area contributed by atoms with E-state index in [-0.39, 0.29) is 35.3 Å². The summed E-state index contributed by atoms with van der Waals surface area (Å²) in [6.45, 7) is 2.31. The van der Waals surface area contributed by atoms with Crippen LogP contribution in [0.4, 0.5) is 5.69 Å². The highest BCUT2D eigenvalue weighted by molar-refractivity contribution is 5.86. The Balaban J connectivity index is 1.47. The van der Waals surface area contributed by atoms with Crippen LogP contribution in [0.3, 0.4) is 0 Å². The number of oxazole rings is 1. The van der Waals surface area contributed by atoms with Gasteiger partial charge in [-0.15, -0.1) is 0 Å². The largest absolute Gasteiger partial charge is 0.417 e. The number of hydrogen-bond acceptors (Lipinski definition) is 4. The Hall–Kier alpha value is -3.31. The number of aromatic nitrogens is 1. The topological polar surface area (TPSA) is 52.5 Å². The van der Waals surface area contributed by atoms with Gasteiger partial charge in [0.2, 0.25) is 0 Å². The molecule has 0 amide bonds. The molecule has 1 aromatic heterocycles. The number of anilines is 1. The van der Waals surface area contributed by atoms with Crippen molar-refractivity contribution in [3.8, 4) is 11.1 Å². The van der Waals surface area contributed by atoms with E-state index < -0.39 is 48.1 Å². The van der Waals surface area contributed by atoms with Crippen LogP contribution >= 0.6 is 0 Å². The highest BCUT2D eigenvalue weighted by atomic mass is 16.4. The number of fused-ring (bicyclic) bond motifs is 1. The average molecular weight is 395 g/mol. The van der Waals surface area contributed by atoms with E-state index in [9.17, 15) is 4.79 Å². The number of para-hydroxylation sites is 1. The van der Waals surface area contributed by atoms with E-state index in [0.717, 1.165) is 5.69 Å². The highest BCUT2D eigenvalue weighted by Crippen LogP contribution is 2.26. The minimum atomic E-state index is -0.591. The van der Waals surface area contributed by atoms with Crippen molar-refractivity contribution in [3.05, 3.63) is 88.7 Å². The molecule has 0 aliphatic carbocycles. The van der Waals surface area contributed by atoms with E-state index in [2.05, 4.69) is 9.88 Å². The standard InChI is InChI=1S/C24H23N3O2/c28-24-25-21-10-5-11-22(23(21)29-24)27-14-12-26(13-15-27)17-18-6-4-9-20(16-18)19-7-2-1-3-8-19/h1-11,16H,12-15,17H2,(H,25,28)/i1D,2D,3D,4D,6D,7D,8D,9D,16D. The number of rotatable bonds is 4. The molecular weight excluding hydrogens is 362 g/mol. The SMILES string of the molecule is [2H]c1c([2H])c([2H])c(-c2c([2H])c([2H])c([2H])c(CN3CCN(c4cccc5[nH]c(=O)oc45)CC3)c2[2H])c([2H])c1[2H]. The summed E-state index contributed by atoms with van der Waals surface area (Å²) in [4.78, 5) is 18.4. The maximum absolute atomic E-state index is 11.7. The number of benzene rings is 3. The van der Waals surface area contributed by atoms with Crippen molar-refractivity contribution in [2.24, 2.45) is 0 Å². The zero-order valence-corrected chi connectivity index (χ0v) is 15.5. The van der Waals surface area contributed by atoms with Gasteiger partial charge in [0.1, 0.15) is 0 Å². The number of nitrogens with one attached hydrogen (secondary N) is 1. The third kappa shape index (κ3) is 3.69. The summed E-state index contributed by atoms with van der Waals surface area (Å²) < 4.78 is 79.6. The predicted molar refractivity (Wildman–Crippen MR) is 116 cm³/mol. The smallest absolute Gasteiger partial charge is 0.406 e. The molecule has 3 aromatic carbocycles. The summed E-state index contributed by atoms with van der Waals surface area (Å²) in [5.74, 6) is -0.531. The molecule has 1 N–H and O–H groups in total. The van der Waals surface area contributed by atoms with Crippen molar-refractivity contribution >= 4 is 16.8 Å². The van der Waals surface area contributed by atoms with E-state index in [4.69, 9.17) is 16.8 Å². The molecule has 1 saturated heterocycles. The van der Waals surface area contributed by atoms with Crippen molar-refractivity contribution < 1.29 is 16.8 Å². The first-order valence-corrected chi connectivity index (χ1v) is 9.26. The van der Waals surface area contributed by atoms with E-state index >= 15 is 0 Å². The van der Waals surface area contributed by atoms with Crippen molar-refractivity contribution in [2.45, 2.75) is 6.54 Å².